The molecule has 0 amide bonds. The number of nitrogens with one attached hydrogen (secondary N) is 1. The molecule has 1 aromatic heterocycles. The Morgan fingerprint density at radius 1 is 1.26 bits per heavy atom. The summed E-state index contributed by atoms with van der Waals surface area (Å²) in [6, 6.07) is 3.72. The van der Waals surface area contributed by atoms with E-state index in [9.17, 15) is 8.78 Å². The predicted octanol–water partition coefficient (Wildman–Crippen LogP) is 2.05. The van der Waals surface area contributed by atoms with Gasteiger partial charge in [0.25, 0.3) is 0 Å². The summed E-state index contributed by atoms with van der Waals surface area (Å²) in [6.45, 7) is 1.52. The van der Waals surface area contributed by atoms with E-state index in [2.05, 4.69) is 15.6 Å². The number of hydrogen-bond acceptors (Lipinski definition) is 3. The molecule has 1 N–H and O–H groups in total. The largest absolute Gasteiger partial charge is 0.311 e. The molecule has 100 valence electrons. The third-order valence-corrected chi connectivity index (χ3v) is 3.14. The second-order valence-electron chi connectivity index (χ2n) is 4.80. The molecule has 1 heterocycles. The third kappa shape index (κ3) is 2.78. The number of nitrogens with zero attached hydrogens (tertiary/aromatic N) is 3. The van der Waals surface area contributed by atoms with Gasteiger partial charge in [-0.15, -0.1) is 5.10 Å². The Labute approximate surface area is 109 Å². The smallest absolute Gasteiger partial charge is 0.151 e. The van der Waals surface area contributed by atoms with Crippen molar-refractivity contribution in [3.63, 3.8) is 0 Å². The average Bonchev–Trinajstić information content (AvgIpc) is 3.08. The Hall–Kier alpha value is -1.82. The van der Waals surface area contributed by atoms with Gasteiger partial charge in [0.1, 0.15) is 5.69 Å². The topological polar surface area (TPSA) is 42.7 Å². The van der Waals surface area contributed by atoms with E-state index in [0.717, 1.165) is 17.1 Å². The Balaban J connectivity index is 1.72. The molecule has 0 saturated heterocycles. The van der Waals surface area contributed by atoms with Crippen LogP contribution in [0.4, 0.5) is 8.78 Å². The SMILES string of the molecule is Fc1cccc(F)c1-n1cc(CNCC2CC2)nn1. The summed E-state index contributed by atoms with van der Waals surface area (Å²) in [7, 11) is 0. The molecule has 4 nitrogen and oxygen atoms in total. The first-order valence-corrected chi connectivity index (χ1v) is 6.30. The highest BCUT2D eigenvalue weighted by Gasteiger charge is 2.20. The maximum atomic E-state index is 13.6. The average molecular weight is 264 g/mol. The number of halogens is 2. The molecule has 1 saturated carbocycles. The molecular formula is C13H14F2N4. The standard InChI is InChI=1S/C13H14F2N4/c14-11-2-1-3-12(15)13(11)19-8-10(17-18-19)7-16-6-9-4-5-9/h1-3,8-9,16H,4-7H2. The molecule has 1 fully saturated rings. The van der Waals surface area contributed by atoms with E-state index >= 15 is 0 Å². The van der Waals surface area contributed by atoms with E-state index in [0.29, 0.717) is 12.2 Å². The van der Waals surface area contributed by atoms with Gasteiger partial charge in [-0.1, -0.05) is 11.3 Å². The van der Waals surface area contributed by atoms with Crippen molar-refractivity contribution in [2.45, 2.75) is 19.4 Å². The maximum Gasteiger partial charge on any atom is 0.151 e. The lowest BCUT2D eigenvalue weighted by atomic mass is 10.3. The molecule has 1 aliphatic rings. The monoisotopic (exact) mass is 264 g/mol. The van der Waals surface area contributed by atoms with Crippen LogP contribution in [0.2, 0.25) is 0 Å². The molecule has 0 spiro atoms. The van der Waals surface area contributed by atoms with E-state index in [4.69, 9.17) is 0 Å². The molecule has 0 unspecified atom stereocenters. The van der Waals surface area contributed by atoms with Gasteiger partial charge in [-0.3, -0.25) is 0 Å². The summed E-state index contributed by atoms with van der Waals surface area (Å²) in [5.74, 6) is -0.524. The molecule has 0 bridgehead atoms. The lowest BCUT2D eigenvalue weighted by Gasteiger charge is -2.02. The van der Waals surface area contributed by atoms with Crippen LogP contribution in [0.25, 0.3) is 5.69 Å². The molecule has 0 aliphatic heterocycles. The molecule has 0 radical (unpaired) electrons. The van der Waals surface area contributed by atoms with Crippen LogP contribution in [0.5, 0.6) is 0 Å². The Morgan fingerprint density at radius 2 is 2.00 bits per heavy atom. The fraction of sp³-hybridized carbons (Fsp3) is 0.385. The number of hydrogen-bond donors (Lipinski definition) is 1. The summed E-state index contributed by atoms with van der Waals surface area (Å²) < 4.78 is 28.3. The molecule has 0 atom stereocenters. The Kier molecular flexibility index (Phi) is 3.25. The lowest BCUT2D eigenvalue weighted by molar-refractivity contribution is 0.556. The van der Waals surface area contributed by atoms with Crippen LogP contribution in [0.1, 0.15) is 18.5 Å². The summed E-state index contributed by atoms with van der Waals surface area (Å²) in [5, 5.41) is 10.9. The Morgan fingerprint density at radius 3 is 2.68 bits per heavy atom. The van der Waals surface area contributed by atoms with Crippen LogP contribution in [0, 0.1) is 17.6 Å². The number of rotatable bonds is 5. The van der Waals surface area contributed by atoms with Gasteiger partial charge >= 0.3 is 0 Å². The van der Waals surface area contributed by atoms with Crippen molar-refractivity contribution in [2.24, 2.45) is 5.92 Å². The van der Waals surface area contributed by atoms with Crippen molar-refractivity contribution in [3.8, 4) is 5.69 Å². The van der Waals surface area contributed by atoms with Gasteiger partial charge in [-0.25, -0.2) is 13.5 Å². The third-order valence-electron chi connectivity index (χ3n) is 3.14. The van der Waals surface area contributed by atoms with Gasteiger partial charge in [0.05, 0.1) is 11.9 Å². The molecule has 19 heavy (non-hydrogen) atoms. The van der Waals surface area contributed by atoms with Gasteiger partial charge in [0.15, 0.2) is 11.6 Å². The fourth-order valence-corrected chi connectivity index (χ4v) is 1.92. The van der Waals surface area contributed by atoms with Crippen molar-refractivity contribution in [2.75, 3.05) is 6.54 Å². The maximum absolute atomic E-state index is 13.6. The van der Waals surface area contributed by atoms with Gasteiger partial charge in [-0.05, 0) is 37.4 Å². The minimum Gasteiger partial charge on any atom is -0.311 e. The second-order valence-corrected chi connectivity index (χ2v) is 4.80. The minimum atomic E-state index is -0.651. The van der Waals surface area contributed by atoms with Crippen molar-refractivity contribution < 1.29 is 8.78 Å². The molecular weight excluding hydrogens is 250 g/mol. The zero-order valence-electron chi connectivity index (χ0n) is 10.3. The highest BCUT2D eigenvalue weighted by molar-refractivity contribution is 5.34. The zero-order chi connectivity index (χ0) is 13.2. The Bertz CT molecular complexity index is 558. The van der Waals surface area contributed by atoms with Crippen LogP contribution in [-0.2, 0) is 6.54 Å². The van der Waals surface area contributed by atoms with E-state index in [1.807, 2.05) is 0 Å². The highest BCUT2D eigenvalue weighted by Crippen LogP contribution is 2.27. The fourth-order valence-electron chi connectivity index (χ4n) is 1.92. The van der Waals surface area contributed by atoms with Gasteiger partial charge in [0.2, 0.25) is 0 Å². The van der Waals surface area contributed by atoms with E-state index in [-0.39, 0.29) is 5.69 Å². The minimum absolute atomic E-state index is 0.191. The first-order valence-electron chi connectivity index (χ1n) is 6.30. The van der Waals surface area contributed by atoms with Crippen molar-refractivity contribution in [1.29, 1.82) is 0 Å². The summed E-state index contributed by atoms with van der Waals surface area (Å²) in [6.07, 6.45) is 4.10. The summed E-state index contributed by atoms with van der Waals surface area (Å²) in [4.78, 5) is 0. The first kappa shape index (κ1) is 12.2. The van der Waals surface area contributed by atoms with Crippen molar-refractivity contribution in [1.82, 2.24) is 20.3 Å². The molecule has 6 heteroatoms. The van der Waals surface area contributed by atoms with Crippen LogP contribution in [0.15, 0.2) is 24.4 Å². The number of aromatic nitrogens is 3. The van der Waals surface area contributed by atoms with Crippen molar-refractivity contribution in [3.05, 3.63) is 41.7 Å². The first-order chi connectivity index (χ1) is 9.24. The number of benzene rings is 1. The van der Waals surface area contributed by atoms with E-state index < -0.39 is 11.6 Å². The molecule has 3 rings (SSSR count). The van der Waals surface area contributed by atoms with E-state index in [1.165, 1.54) is 31.0 Å². The zero-order valence-corrected chi connectivity index (χ0v) is 10.3. The number of para-hydroxylation sites is 1. The highest BCUT2D eigenvalue weighted by atomic mass is 19.1. The lowest BCUT2D eigenvalue weighted by Crippen LogP contribution is -2.16. The van der Waals surface area contributed by atoms with Gasteiger partial charge < -0.3 is 5.32 Å². The second kappa shape index (κ2) is 5.05. The predicted molar refractivity (Wildman–Crippen MR) is 65.7 cm³/mol. The molecule has 2 aromatic rings. The van der Waals surface area contributed by atoms with Gasteiger partial charge in [0, 0.05) is 6.54 Å². The molecule has 1 aromatic carbocycles. The van der Waals surface area contributed by atoms with Gasteiger partial charge in [-0.2, -0.15) is 0 Å². The van der Waals surface area contributed by atoms with E-state index in [1.54, 1.807) is 6.20 Å². The molecule has 1 aliphatic carbocycles. The normalized spacial score (nSPS) is 14.8. The van der Waals surface area contributed by atoms with Crippen LogP contribution >= 0.6 is 0 Å². The van der Waals surface area contributed by atoms with Crippen molar-refractivity contribution >= 4 is 0 Å². The summed E-state index contributed by atoms with van der Waals surface area (Å²) >= 11 is 0. The summed E-state index contributed by atoms with van der Waals surface area (Å²) in [5.41, 5.74) is 0.478. The van der Waals surface area contributed by atoms with Crippen LogP contribution in [-0.4, -0.2) is 21.5 Å². The van der Waals surface area contributed by atoms with Crippen LogP contribution < -0.4 is 5.32 Å². The quantitative estimate of drug-likeness (QED) is 0.898. The van der Waals surface area contributed by atoms with Crippen LogP contribution in [0.3, 0.4) is 0 Å².